The summed E-state index contributed by atoms with van der Waals surface area (Å²) in [5.41, 5.74) is 3.72. The van der Waals surface area contributed by atoms with E-state index in [0.29, 0.717) is 5.92 Å². The lowest BCUT2D eigenvalue weighted by Gasteiger charge is -2.43. The van der Waals surface area contributed by atoms with Crippen LogP contribution >= 0.6 is 0 Å². The van der Waals surface area contributed by atoms with E-state index in [1.165, 1.54) is 24.8 Å². The highest BCUT2D eigenvalue weighted by molar-refractivity contribution is 6.10. The molecule has 1 unspecified atom stereocenters. The molecule has 0 N–H and O–H groups in total. The van der Waals surface area contributed by atoms with E-state index in [1.807, 2.05) is 12.1 Å². The maximum absolute atomic E-state index is 14.4. The third-order valence-corrected chi connectivity index (χ3v) is 9.63. The van der Waals surface area contributed by atoms with Gasteiger partial charge in [0, 0.05) is 43.8 Å². The van der Waals surface area contributed by atoms with E-state index in [0.717, 1.165) is 66.9 Å². The van der Waals surface area contributed by atoms with Crippen LogP contribution in [0.2, 0.25) is 0 Å². The van der Waals surface area contributed by atoms with Gasteiger partial charge in [-0.2, -0.15) is 0 Å². The Bertz CT molecular complexity index is 1340. The number of aromatic nitrogens is 2. The monoisotopic (exact) mass is 477 g/mol. The first-order chi connectivity index (χ1) is 16.8. The van der Waals surface area contributed by atoms with Crippen molar-refractivity contribution < 1.29 is 9.47 Å². The van der Waals surface area contributed by atoms with Crippen LogP contribution in [0.3, 0.4) is 0 Å². The standard InChI is InChI=1S/C29H39N3O3/c1-19-18-32(27-28(2,3)20-9-10-29(27,4)17-20)26(33)23-21-7-6-8-22(34-5)25(21)31(24(19)23)12-11-30-13-15-35-16-14-30/h6-8,18,20,27H,9-17H2,1-5H3/t20?,27-,29+/m1/s1. The van der Waals surface area contributed by atoms with E-state index >= 15 is 0 Å². The number of morpholine rings is 1. The van der Waals surface area contributed by atoms with Crippen molar-refractivity contribution >= 4 is 21.8 Å². The minimum atomic E-state index is 0.114. The van der Waals surface area contributed by atoms with Crippen LogP contribution in [0, 0.1) is 23.7 Å². The van der Waals surface area contributed by atoms with Gasteiger partial charge in [-0.1, -0.05) is 32.9 Å². The molecule has 0 amide bonds. The van der Waals surface area contributed by atoms with E-state index < -0.39 is 0 Å². The van der Waals surface area contributed by atoms with Crippen LogP contribution in [0.25, 0.3) is 21.8 Å². The lowest BCUT2D eigenvalue weighted by molar-refractivity contribution is 0.0366. The number of rotatable bonds is 5. The predicted octanol–water partition coefficient (Wildman–Crippen LogP) is 4.99. The summed E-state index contributed by atoms with van der Waals surface area (Å²) in [6.07, 6.45) is 5.89. The highest BCUT2D eigenvalue weighted by Gasteiger charge is 2.60. The molecule has 0 radical (unpaired) electrons. The van der Waals surface area contributed by atoms with Crippen molar-refractivity contribution in [3.05, 3.63) is 40.3 Å². The zero-order chi connectivity index (χ0) is 24.5. The van der Waals surface area contributed by atoms with Gasteiger partial charge in [-0.25, -0.2) is 0 Å². The van der Waals surface area contributed by atoms with Crippen LogP contribution in [-0.4, -0.2) is 54.0 Å². The molecule has 3 heterocycles. The van der Waals surface area contributed by atoms with Crippen molar-refractivity contribution in [1.82, 2.24) is 14.0 Å². The number of pyridine rings is 1. The third kappa shape index (κ3) is 3.32. The lowest BCUT2D eigenvalue weighted by atomic mass is 9.68. The minimum Gasteiger partial charge on any atom is -0.495 e. The fourth-order valence-electron chi connectivity index (χ4n) is 8.08. The largest absolute Gasteiger partial charge is 0.495 e. The molecule has 188 valence electrons. The molecule has 1 aliphatic heterocycles. The molecule has 6 heteroatoms. The minimum absolute atomic E-state index is 0.114. The number of nitrogens with zero attached hydrogens (tertiary/aromatic N) is 3. The Morgan fingerprint density at radius 1 is 1.11 bits per heavy atom. The van der Waals surface area contributed by atoms with Gasteiger partial charge in [0.2, 0.25) is 0 Å². The number of aryl methyl sites for hydroxylation is 1. The maximum Gasteiger partial charge on any atom is 0.260 e. The van der Waals surface area contributed by atoms with Crippen LogP contribution in [-0.2, 0) is 11.3 Å². The number of ether oxygens (including phenoxy) is 2. The Balaban J connectivity index is 1.56. The summed E-state index contributed by atoms with van der Waals surface area (Å²) in [4.78, 5) is 16.8. The summed E-state index contributed by atoms with van der Waals surface area (Å²) in [5.74, 6) is 1.52. The highest BCUT2D eigenvalue weighted by atomic mass is 16.5. The fraction of sp³-hybridized carbons (Fsp3) is 0.621. The van der Waals surface area contributed by atoms with Crippen molar-refractivity contribution in [2.45, 2.75) is 59.5 Å². The maximum atomic E-state index is 14.4. The smallest absolute Gasteiger partial charge is 0.260 e. The summed E-state index contributed by atoms with van der Waals surface area (Å²) in [5, 5.41) is 1.86. The molecule has 3 atom stereocenters. The fourth-order valence-corrected chi connectivity index (χ4v) is 8.08. The van der Waals surface area contributed by atoms with Gasteiger partial charge in [0.15, 0.2) is 0 Å². The second-order valence-corrected chi connectivity index (χ2v) is 12.0. The van der Waals surface area contributed by atoms with E-state index in [1.54, 1.807) is 7.11 Å². The van der Waals surface area contributed by atoms with E-state index in [4.69, 9.17) is 9.47 Å². The van der Waals surface area contributed by atoms with Crippen molar-refractivity contribution in [3.8, 4) is 5.75 Å². The second-order valence-electron chi connectivity index (χ2n) is 12.0. The van der Waals surface area contributed by atoms with E-state index in [9.17, 15) is 4.79 Å². The first kappa shape index (κ1) is 23.1. The Morgan fingerprint density at radius 3 is 2.57 bits per heavy atom. The highest BCUT2D eigenvalue weighted by Crippen LogP contribution is 2.67. The molecule has 2 aliphatic carbocycles. The predicted molar refractivity (Wildman–Crippen MR) is 141 cm³/mol. The molecule has 0 spiro atoms. The average molecular weight is 478 g/mol. The van der Waals surface area contributed by atoms with Crippen LogP contribution in [0.15, 0.2) is 29.2 Å². The molecule has 35 heavy (non-hydrogen) atoms. The van der Waals surface area contributed by atoms with Gasteiger partial charge in [0.25, 0.3) is 5.56 Å². The topological polar surface area (TPSA) is 48.6 Å². The van der Waals surface area contributed by atoms with E-state index in [-0.39, 0.29) is 22.4 Å². The number of benzene rings is 1. The molecule has 2 saturated carbocycles. The van der Waals surface area contributed by atoms with Crippen molar-refractivity contribution in [3.63, 3.8) is 0 Å². The van der Waals surface area contributed by atoms with Gasteiger partial charge < -0.3 is 18.6 Å². The third-order valence-electron chi connectivity index (χ3n) is 9.63. The molecule has 3 aliphatic rings. The molecule has 6 nitrogen and oxygen atoms in total. The van der Waals surface area contributed by atoms with Crippen LogP contribution in [0.1, 0.15) is 51.6 Å². The Hall–Kier alpha value is -2.31. The van der Waals surface area contributed by atoms with Crippen molar-refractivity contribution in [1.29, 1.82) is 0 Å². The molecular formula is C29H39N3O3. The first-order valence-electron chi connectivity index (χ1n) is 13.3. The summed E-state index contributed by atoms with van der Waals surface area (Å²) in [7, 11) is 1.72. The summed E-state index contributed by atoms with van der Waals surface area (Å²) in [6.45, 7) is 14.6. The first-order valence-corrected chi connectivity index (χ1v) is 13.3. The molecule has 3 aromatic rings. The van der Waals surface area contributed by atoms with Crippen LogP contribution in [0.5, 0.6) is 5.75 Å². The zero-order valence-electron chi connectivity index (χ0n) is 21.9. The van der Waals surface area contributed by atoms with Gasteiger partial charge in [-0.05, 0) is 54.6 Å². The van der Waals surface area contributed by atoms with Gasteiger partial charge in [-0.15, -0.1) is 0 Å². The molecule has 1 saturated heterocycles. The SMILES string of the molecule is COc1cccc2c3c(=O)n([C@@H]4C(C)(C)C5CC[C@@]4(C)C5)cc(C)c3n(CCN3CCOCC3)c12. The average Bonchev–Trinajstić information content (AvgIpc) is 3.46. The zero-order valence-corrected chi connectivity index (χ0v) is 21.9. The van der Waals surface area contributed by atoms with Crippen LogP contribution in [0.4, 0.5) is 0 Å². The normalized spacial score (nSPS) is 28.4. The number of methoxy groups -OCH3 is 1. The van der Waals surface area contributed by atoms with Crippen LogP contribution < -0.4 is 10.3 Å². The van der Waals surface area contributed by atoms with Crippen molar-refractivity contribution in [2.75, 3.05) is 40.0 Å². The lowest BCUT2D eigenvalue weighted by Crippen LogP contribution is -2.42. The molecule has 2 bridgehead atoms. The Kier molecular flexibility index (Phi) is 5.35. The van der Waals surface area contributed by atoms with Gasteiger partial charge in [0.1, 0.15) is 5.75 Å². The van der Waals surface area contributed by atoms with Gasteiger partial charge in [0.05, 0.1) is 36.7 Å². The molecule has 2 aromatic heterocycles. The van der Waals surface area contributed by atoms with Gasteiger partial charge in [-0.3, -0.25) is 9.69 Å². The number of hydrogen-bond acceptors (Lipinski definition) is 4. The number of para-hydroxylation sites is 1. The summed E-state index contributed by atoms with van der Waals surface area (Å²) in [6, 6.07) is 6.36. The van der Waals surface area contributed by atoms with Crippen molar-refractivity contribution in [2.24, 2.45) is 16.7 Å². The number of fused-ring (bicyclic) bond motifs is 5. The Morgan fingerprint density at radius 2 is 1.89 bits per heavy atom. The molecule has 6 rings (SSSR count). The molecule has 3 fully saturated rings. The quantitative estimate of drug-likeness (QED) is 0.519. The van der Waals surface area contributed by atoms with Gasteiger partial charge >= 0.3 is 0 Å². The Labute approximate surface area is 207 Å². The molecular weight excluding hydrogens is 438 g/mol. The summed E-state index contributed by atoms with van der Waals surface area (Å²) >= 11 is 0. The summed E-state index contributed by atoms with van der Waals surface area (Å²) < 4.78 is 15.8. The second kappa shape index (κ2) is 8.10. The molecule has 1 aromatic carbocycles. The number of hydrogen-bond donors (Lipinski definition) is 0. The van der Waals surface area contributed by atoms with E-state index in [2.05, 4.69) is 54.0 Å².